The number of amides is 2. The lowest BCUT2D eigenvalue weighted by Crippen LogP contribution is -2.43. The van der Waals surface area contributed by atoms with E-state index in [0.29, 0.717) is 0 Å². The number of halogens is 1. The average Bonchev–Trinajstić information content (AvgIpc) is 2.58. The van der Waals surface area contributed by atoms with Crippen molar-refractivity contribution in [3.05, 3.63) is 35.1 Å². The van der Waals surface area contributed by atoms with E-state index in [0.717, 1.165) is 6.07 Å². The van der Waals surface area contributed by atoms with Crippen LogP contribution in [0.4, 0.5) is 4.39 Å². The summed E-state index contributed by atoms with van der Waals surface area (Å²) in [5, 5.41) is 23.8. The summed E-state index contributed by atoms with van der Waals surface area (Å²) in [6.07, 6.45) is 0.169. The molecule has 0 radical (unpaired) electrons. The number of ether oxygens (including phenoxy) is 1. The van der Waals surface area contributed by atoms with Crippen LogP contribution in [0.3, 0.4) is 0 Å². The summed E-state index contributed by atoms with van der Waals surface area (Å²) in [5.41, 5.74) is -0.526. The van der Waals surface area contributed by atoms with E-state index >= 15 is 0 Å². The van der Waals surface area contributed by atoms with E-state index in [4.69, 9.17) is 10.00 Å². The number of nitrogens with zero attached hydrogens (tertiary/aromatic N) is 1. The summed E-state index contributed by atoms with van der Waals surface area (Å²) in [4.78, 5) is 24.3. The van der Waals surface area contributed by atoms with Crippen molar-refractivity contribution in [1.82, 2.24) is 10.6 Å². The van der Waals surface area contributed by atoms with Crippen LogP contribution in [0, 0.1) is 22.6 Å². The monoisotopic (exact) mass is 393 g/mol. The molecule has 1 atom stereocenters. The first kappa shape index (κ1) is 23.5. The van der Waals surface area contributed by atoms with Crippen LogP contribution in [0.15, 0.2) is 18.2 Å². The van der Waals surface area contributed by atoms with Gasteiger partial charge in [0.2, 0.25) is 5.91 Å². The van der Waals surface area contributed by atoms with Gasteiger partial charge in [-0.05, 0) is 44.4 Å². The number of hydrogen-bond donors (Lipinski definition) is 3. The van der Waals surface area contributed by atoms with E-state index in [1.165, 1.54) is 26.0 Å². The molecule has 2 amide bonds. The maximum atomic E-state index is 13.8. The fourth-order valence-electron chi connectivity index (χ4n) is 2.31. The number of benzene rings is 1. The van der Waals surface area contributed by atoms with Gasteiger partial charge >= 0.3 is 0 Å². The van der Waals surface area contributed by atoms with Crippen molar-refractivity contribution in [2.24, 2.45) is 5.41 Å². The lowest BCUT2D eigenvalue weighted by atomic mass is 9.90. The lowest BCUT2D eigenvalue weighted by molar-refractivity contribution is -0.192. The van der Waals surface area contributed by atoms with E-state index in [1.807, 2.05) is 19.9 Å². The Morgan fingerprint density at radius 2 is 1.96 bits per heavy atom. The molecule has 0 fully saturated rings. The molecule has 7 nitrogen and oxygen atoms in total. The average molecular weight is 393 g/mol. The van der Waals surface area contributed by atoms with Gasteiger partial charge in [0.25, 0.3) is 5.91 Å². The van der Waals surface area contributed by atoms with Gasteiger partial charge in [0.05, 0.1) is 23.8 Å². The van der Waals surface area contributed by atoms with Crippen LogP contribution in [0.2, 0.25) is 0 Å². The molecule has 1 aromatic carbocycles. The molecule has 0 saturated heterocycles. The predicted molar refractivity (Wildman–Crippen MR) is 102 cm³/mol. The standard InChI is InChI=1S/C20H28FN3O4/c1-13(24-18(26)15-8-14(10-22)6-7-16(15)21)11-23-17(25)9-19(2,3)12-28-20(4,5)27/h6-8,13,27H,9,11-12H2,1-5H3,(H,23,25)(H,24,26). The van der Waals surface area contributed by atoms with Gasteiger partial charge in [-0.15, -0.1) is 0 Å². The smallest absolute Gasteiger partial charge is 0.254 e. The summed E-state index contributed by atoms with van der Waals surface area (Å²) in [6.45, 7) is 8.75. The van der Waals surface area contributed by atoms with Crippen LogP contribution in [0.25, 0.3) is 0 Å². The quantitative estimate of drug-likeness (QED) is 0.556. The highest BCUT2D eigenvalue weighted by molar-refractivity contribution is 5.95. The van der Waals surface area contributed by atoms with Crippen LogP contribution >= 0.6 is 0 Å². The highest BCUT2D eigenvalue weighted by Gasteiger charge is 2.26. The van der Waals surface area contributed by atoms with Gasteiger partial charge in [-0.1, -0.05) is 13.8 Å². The predicted octanol–water partition coefficient (Wildman–Crippen LogP) is 2.09. The molecule has 0 spiro atoms. The highest BCUT2D eigenvalue weighted by atomic mass is 19.1. The Bertz CT molecular complexity index is 751. The van der Waals surface area contributed by atoms with Crippen molar-refractivity contribution in [3.8, 4) is 6.07 Å². The van der Waals surface area contributed by atoms with E-state index in [-0.39, 0.29) is 36.6 Å². The van der Waals surface area contributed by atoms with Gasteiger partial charge in [0.1, 0.15) is 5.82 Å². The minimum Gasteiger partial charge on any atom is -0.366 e. The molecule has 0 aliphatic carbocycles. The Labute approximate surface area is 164 Å². The first-order valence-corrected chi connectivity index (χ1v) is 8.96. The largest absolute Gasteiger partial charge is 0.366 e. The van der Waals surface area contributed by atoms with Gasteiger partial charge in [0, 0.05) is 19.0 Å². The van der Waals surface area contributed by atoms with Crippen molar-refractivity contribution in [2.45, 2.75) is 52.9 Å². The molecule has 0 aromatic heterocycles. The number of aliphatic hydroxyl groups is 1. The first-order chi connectivity index (χ1) is 12.8. The zero-order valence-corrected chi connectivity index (χ0v) is 16.9. The summed E-state index contributed by atoms with van der Waals surface area (Å²) in [5.74, 6) is -2.88. The minimum atomic E-state index is -1.27. The van der Waals surface area contributed by atoms with Crippen molar-refractivity contribution >= 4 is 11.8 Å². The topological polar surface area (TPSA) is 111 Å². The van der Waals surface area contributed by atoms with Gasteiger partial charge in [0.15, 0.2) is 5.79 Å². The molecule has 8 heteroatoms. The maximum Gasteiger partial charge on any atom is 0.254 e. The molecule has 0 saturated carbocycles. The molecule has 0 aliphatic rings. The SMILES string of the molecule is CC(CNC(=O)CC(C)(C)COC(C)(C)O)NC(=O)c1cc(C#N)ccc1F. The molecule has 0 aliphatic heterocycles. The Kier molecular flexibility index (Phi) is 8.09. The fourth-order valence-corrected chi connectivity index (χ4v) is 2.31. The van der Waals surface area contributed by atoms with Crippen LogP contribution in [0.5, 0.6) is 0 Å². The Hall–Kier alpha value is -2.50. The van der Waals surface area contributed by atoms with Crippen LogP contribution in [-0.4, -0.2) is 41.9 Å². The van der Waals surface area contributed by atoms with Crippen LogP contribution in [0.1, 0.15) is 57.0 Å². The summed E-state index contributed by atoms with van der Waals surface area (Å²) in [7, 11) is 0. The number of nitrogens with one attached hydrogen (secondary N) is 2. The van der Waals surface area contributed by atoms with Crippen LogP contribution in [-0.2, 0) is 9.53 Å². The number of hydrogen-bond acceptors (Lipinski definition) is 5. The molecule has 1 rings (SSSR count). The van der Waals surface area contributed by atoms with Crippen molar-refractivity contribution in [1.29, 1.82) is 5.26 Å². The van der Waals surface area contributed by atoms with Gasteiger partial charge < -0.3 is 20.5 Å². The molecule has 154 valence electrons. The number of carbonyl (C=O) groups excluding carboxylic acids is 2. The second-order valence-corrected chi connectivity index (χ2v) is 8.06. The van der Waals surface area contributed by atoms with Crippen molar-refractivity contribution in [2.75, 3.05) is 13.2 Å². The Morgan fingerprint density at radius 3 is 2.54 bits per heavy atom. The van der Waals surface area contributed by atoms with Crippen molar-refractivity contribution < 1.29 is 23.8 Å². The second kappa shape index (κ2) is 9.62. The maximum absolute atomic E-state index is 13.8. The summed E-state index contributed by atoms with van der Waals surface area (Å²) in [6, 6.07) is 4.95. The second-order valence-electron chi connectivity index (χ2n) is 8.06. The van der Waals surface area contributed by atoms with E-state index in [9.17, 15) is 19.1 Å². The molecule has 0 bridgehead atoms. The third-order valence-corrected chi connectivity index (χ3v) is 3.78. The Balaban J connectivity index is 2.51. The molecule has 0 heterocycles. The zero-order valence-electron chi connectivity index (χ0n) is 16.9. The fraction of sp³-hybridized carbons (Fsp3) is 0.550. The first-order valence-electron chi connectivity index (χ1n) is 8.96. The van der Waals surface area contributed by atoms with Crippen molar-refractivity contribution in [3.63, 3.8) is 0 Å². The zero-order chi connectivity index (χ0) is 21.5. The molecule has 3 N–H and O–H groups in total. The van der Waals surface area contributed by atoms with E-state index in [1.54, 1.807) is 6.92 Å². The minimum absolute atomic E-state index is 0.159. The number of carbonyl (C=O) groups is 2. The molecule has 1 aromatic rings. The molecule has 1 unspecified atom stereocenters. The lowest BCUT2D eigenvalue weighted by Gasteiger charge is -2.28. The summed E-state index contributed by atoms with van der Waals surface area (Å²) < 4.78 is 19.1. The summed E-state index contributed by atoms with van der Waals surface area (Å²) >= 11 is 0. The normalized spacial score (nSPS) is 12.8. The third-order valence-electron chi connectivity index (χ3n) is 3.78. The highest BCUT2D eigenvalue weighted by Crippen LogP contribution is 2.22. The van der Waals surface area contributed by atoms with Gasteiger partial charge in [-0.25, -0.2) is 4.39 Å². The number of rotatable bonds is 9. The van der Waals surface area contributed by atoms with Gasteiger partial charge in [-0.2, -0.15) is 5.26 Å². The van der Waals surface area contributed by atoms with Crippen LogP contribution < -0.4 is 10.6 Å². The molecule has 28 heavy (non-hydrogen) atoms. The van der Waals surface area contributed by atoms with Gasteiger partial charge in [-0.3, -0.25) is 9.59 Å². The molecular formula is C20H28FN3O4. The third kappa shape index (κ3) is 8.46. The molecular weight excluding hydrogens is 365 g/mol. The van der Waals surface area contributed by atoms with E-state index in [2.05, 4.69) is 10.6 Å². The van der Waals surface area contributed by atoms with E-state index < -0.39 is 29.0 Å². The number of nitriles is 1. The Morgan fingerprint density at radius 1 is 1.32 bits per heavy atom.